The second kappa shape index (κ2) is 10.2. The Morgan fingerprint density at radius 3 is 2.00 bits per heavy atom. The number of benzene rings is 2. The Morgan fingerprint density at radius 2 is 1.46 bits per heavy atom. The van der Waals surface area contributed by atoms with E-state index in [-0.39, 0.29) is 0 Å². The summed E-state index contributed by atoms with van der Waals surface area (Å²) in [5.41, 5.74) is 3.40. The highest BCUT2D eigenvalue weighted by Crippen LogP contribution is 2.10. The van der Waals surface area contributed by atoms with Gasteiger partial charge in [0, 0.05) is 0 Å². The van der Waals surface area contributed by atoms with Gasteiger partial charge in [0.15, 0.2) is 0 Å². The Balaban J connectivity index is 1.82. The van der Waals surface area contributed by atoms with Gasteiger partial charge < -0.3 is 4.74 Å². The summed E-state index contributed by atoms with van der Waals surface area (Å²) in [6, 6.07) is 16.2. The Labute approximate surface area is 144 Å². The molecule has 0 amide bonds. The van der Waals surface area contributed by atoms with Gasteiger partial charge in [0.2, 0.25) is 0 Å². The Kier molecular flexibility index (Phi) is 7.48. The fourth-order valence-corrected chi connectivity index (χ4v) is 2.28. The van der Waals surface area contributed by atoms with Crippen molar-refractivity contribution in [3.8, 4) is 5.75 Å². The standard InChI is InChI=1S/C21H24N2O/c1-3-4-5-6-7-18-8-10-19(11-9-18)16-22-23-17-20-12-14-21(24-2)15-13-20/h3,8-17H,1,4-7H2,2H3/b22-16+,23-17+. The molecule has 0 fully saturated rings. The van der Waals surface area contributed by atoms with Gasteiger partial charge in [-0.2, -0.15) is 10.2 Å². The molecule has 0 radical (unpaired) electrons. The highest BCUT2D eigenvalue weighted by atomic mass is 16.5. The summed E-state index contributed by atoms with van der Waals surface area (Å²) < 4.78 is 5.12. The fraction of sp³-hybridized carbons (Fsp3) is 0.238. The van der Waals surface area contributed by atoms with Gasteiger partial charge in [0.25, 0.3) is 0 Å². The van der Waals surface area contributed by atoms with Crippen LogP contribution >= 0.6 is 0 Å². The van der Waals surface area contributed by atoms with Gasteiger partial charge >= 0.3 is 0 Å². The lowest BCUT2D eigenvalue weighted by Crippen LogP contribution is -1.87. The lowest BCUT2D eigenvalue weighted by atomic mass is 10.1. The number of ether oxygens (including phenoxy) is 1. The maximum Gasteiger partial charge on any atom is 0.118 e. The van der Waals surface area contributed by atoms with Gasteiger partial charge in [-0.15, -0.1) is 6.58 Å². The van der Waals surface area contributed by atoms with Gasteiger partial charge in [-0.1, -0.05) is 30.3 Å². The first kappa shape index (κ1) is 17.7. The van der Waals surface area contributed by atoms with E-state index in [4.69, 9.17) is 4.74 Å². The van der Waals surface area contributed by atoms with Gasteiger partial charge in [-0.3, -0.25) is 0 Å². The molecule has 2 aromatic carbocycles. The molecule has 0 aliphatic carbocycles. The first-order valence-electron chi connectivity index (χ1n) is 8.22. The summed E-state index contributed by atoms with van der Waals surface area (Å²) >= 11 is 0. The second-order valence-corrected chi connectivity index (χ2v) is 5.54. The average molecular weight is 320 g/mol. The van der Waals surface area contributed by atoms with Crippen molar-refractivity contribution in [2.75, 3.05) is 7.11 Å². The number of hydrogen-bond donors (Lipinski definition) is 0. The van der Waals surface area contributed by atoms with Crippen molar-refractivity contribution in [3.63, 3.8) is 0 Å². The predicted molar refractivity (Wildman–Crippen MR) is 102 cm³/mol. The van der Waals surface area contributed by atoms with Gasteiger partial charge in [-0.25, -0.2) is 0 Å². The average Bonchev–Trinajstić information content (AvgIpc) is 2.64. The minimum absolute atomic E-state index is 0.834. The molecule has 0 spiro atoms. The summed E-state index contributed by atoms with van der Waals surface area (Å²) in [6.07, 6.45) is 10.1. The van der Waals surface area contributed by atoms with E-state index in [1.54, 1.807) is 19.5 Å². The van der Waals surface area contributed by atoms with Crippen LogP contribution in [0.15, 0.2) is 71.4 Å². The zero-order chi connectivity index (χ0) is 17.0. The molecule has 0 unspecified atom stereocenters. The van der Waals surface area contributed by atoms with Crippen LogP contribution in [0.1, 0.15) is 36.0 Å². The SMILES string of the molecule is C=CCCCCc1ccc(/C=N/N=C/c2ccc(OC)cc2)cc1. The molecule has 0 saturated heterocycles. The highest BCUT2D eigenvalue weighted by molar-refractivity contribution is 5.82. The molecule has 0 saturated carbocycles. The third kappa shape index (κ3) is 6.21. The van der Waals surface area contributed by atoms with E-state index in [1.807, 2.05) is 30.3 Å². The number of methoxy groups -OCH3 is 1. The minimum atomic E-state index is 0.834. The summed E-state index contributed by atoms with van der Waals surface area (Å²) in [5.74, 6) is 0.834. The van der Waals surface area contributed by atoms with E-state index in [0.717, 1.165) is 29.7 Å². The number of allylic oxidation sites excluding steroid dienone is 1. The summed E-state index contributed by atoms with van der Waals surface area (Å²) in [6.45, 7) is 3.75. The predicted octanol–water partition coefficient (Wildman–Crippen LogP) is 5.05. The van der Waals surface area contributed by atoms with Crippen molar-refractivity contribution in [1.82, 2.24) is 0 Å². The number of aryl methyl sites for hydroxylation is 1. The number of unbranched alkanes of at least 4 members (excludes halogenated alkanes) is 2. The maximum absolute atomic E-state index is 5.12. The van der Waals surface area contributed by atoms with Crippen LogP contribution < -0.4 is 4.74 Å². The second-order valence-electron chi connectivity index (χ2n) is 5.54. The van der Waals surface area contributed by atoms with E-state index in [9.17, 15) is 0 Å². The molecular weight excluding hydrogens is 296 g/mol. The molecule has 3 heteroatoms. The third-order valence-corrected chi connectivity index (χ3v) is 3.70. The quantitative estimate of drug-likeness (QED) is 0.275. The van der Waals surface area contributed by atoms with Crippen LogP contribution in [0.5, 0.6) is 5.75 Å². The molecule has 0 aliphatic heterocycles. The summed E-state index contributed by atoms with van der Waals surface area (Å²) in [4.78, 5) is 0. The van der Waals surface area contributed by atoms with E-state index >= 15 is 0 Å². The van der Waals surface area contributed by atoms with Crippen LogP contribution in [-0.2, 0) is 6.42 Å². The van der Waals surface area contributed by atoms with Crippen LogP contribution in [0, 0.1) is 0 Å². The third-order valence-electron chi connectivity index (χ3n) is 3.70. The van der Waals surface area contributed by atoms with Crippen LogP contribution in [-0.4, -0.2) is 19.5 Å². The monoisotopic (exact) mass is 320 g/mol. The van der Waals surface area contributed by atoms with Crippen molar-refractivity contribution in [1.29, 1.82) is 0 Å². The molecule has 3 nitrogen and oxygen atoms in total. The molecule has 0 bridgehead atoms. The Bertz CT molecular complexity index is 670. The molecule has 0 aliphatic rings. The molecule has 0 heterocycles. The lowest BCUT2D eigenvalue weighted by molar-refractivity contribution is 0.415. The molecule has 2 aromatic rings. The highest BCUT2D eigenvalue weighted by Gasteiger charge is 1.94. The number of rotatable bonds is 9. The molecule has 0 aromatic heterocycles. The number of nitrogens with zero attached hydrogens (tertiary/aromatic N) is 2. The zero-order valence-corrected chi connectivity index (χ0v) is 14.2. The molecule has 2 rings (SSSR count). The van der Waals surface area contributed by atoms with Crippen molar-refractivity contribution in [2.45, 2.75) is 25.7 Å². The first-order valence-corrected chi connectivity index (χ1v) is 8.22. The van der Waals surface area contributed by atoms with Crippen molar-refractivity contribution in [2.24, 2.45) is 10.2 Å². The molecule has 0 N–H and O–H groups in total. The van der Waals surface area contributed by atoms with Gasteiger partial charge in [-0.05, 0) is 66.6 Å². The smallest absolute Gasteiger partial charge is 0.118 e. The van der Waals surface area contributed by atoms with Crippen LogP contribution in [0.25, 0.3) is 0 Å². The maximum atomic E-state index is 5.12. The van der Waals surface area contributed by atoms with E-state index in [2.05, 4.69) is 41.0 Å². The molecule has 0 atom stereocenters. The minimum Gasteiger partial charge on any atom is -0.497 e. The van der Waals surface area contributed by atoms with Crippen LogP contribution in [0.3, 0.4) is 0 Å². The van der Waals surface area contributed by atoms with E-state index < -0.39 is 0 Å². The van der Waals surface area contributed by atoms with Gasteiger partial charge in [0.05, 0.1) is 19.5 Å². The Hall–Kier alpha value is -2.68. The molecular formula is C21H24N2O. The molecule has 124 valence electrons. The Morgan fingerprint density at radius 1 is 0.875 bits per heavy atom. The number of hydrogen-bond acceptors (Lipinski definition) is 3. The summed E-state index contributed by atoms with van der Waals surface area (Å²) in [5, 5.41) is 8.18. The topological polar surface area (TPSA) is 34.0 Å². The van der Waals surface area contributed by atoms with E-state index in [1.165, 1.54) is 18.4 Å². The zero-order valence-electron chi connectivity index (χ0n) is 14.2. The lowest BCUT2D eigenvalue weighted by Gasteiger charge is -2.01. The van der Waals surface area contributed by atoms with E-state index in [0.29, 0.717) is 0 Å². The van der Waals surface area contributed by atoms with Crippen LogP contribution in [0.4, 0.5) is 0 Å². The largest absolute Gasteiger partial charge is 0.497 e. The molecule has 24 heavy (non-hydrogen) atoms. The summed E-state index contributed by atoms with van der Waals surface area (Å²) in [7, 11) is 1.65. The first-order chi connectivity index (χ1) is 11.8. The fourth-order valence-electron chi connectivity index (χ4n) is 2.28. The van der Waals surface area contributed by atoms with Gasteiger partial charge in [0.1, 0.15) is 5.75 Å². The van der Waals surface area contributed by atoms with Crippen molar-refractivity contribution < 1.29 is 4.74 Å². The normalized spacial score (nSPS) is 11.2. The van der Waals surface area contributed by atoms with Crippen molar-refractivity contribution >= 4 is 12.4 Å². The van der Waals surface area contributed by atoms with Crippen LogP contribution in [0.2, 0.25) is 0 Å². The van der Waals surface area contributed by atoms with Crippen molar-refractivity contribution in [3.05, 3.63) is 77.9 Å².